The summed E-state index contributed by atoms with van der Waals surface area (Å²) in [5.74, 6) is 0.144. The average molecular weight is 298 g/mol. The first-order chi connectivity index (χ1) is 10.5. The summed E-state index contributed by atoms with van der Waals surface area (Å²) in [5.41, 5.74) is 2.43. The van der Waals surface area contributed by atoms with Gasteiger partial charge in [0.2, 0.25) is 0 Å². The number of nitro groups is 1. The second kappa shape index (κ2) is 6.85. The minimum absolute atomic E-state index is 0.0889. The molecular weight excluding hydrogens is 280 g/mol. The molecule has 0 unspecified atom stereocenters. The third-order valence-electron chi connectivity index (χ3n) is 3.42. The molecular formula is C17H18N2O3. The summed E-state index contributed by atoms with van der Waals surface area (Å²) in [6, 6.07) is 13.7. The van der Waals surface area contributed by atoms with Gasteiger partial charge in [-0.25, -0.2) is 0 Å². The molecule has 1 amide bonds. The Morgan fingerprint density at radius 1 is 1.18 bits per heavy atom. The van der Waals surface area contributed by atoms with E-state index in [-0.39, 0.29) is 17.2 Å². The first kappa shape index (κ1) is 15.7. The summed E-state index contributed by atoms with van der Waals surface area (Å²) in [4.78, 5) is 22.2. The molecule has 5 heteroatoms. The van der Waals surface area contributed by atoms with Crippen LogP contribution in [0.1, 0.15) is 41.3 Å². The van der Waals surface area contributed by atoms with E-state index in [2.05, 4.69) is 19.2 Å². The van der Waals surface area contributed by atoms with Gasteiger partial charge in [0.25, 0.3) is 11.6 Å². The maximum absolute atomic E-state index is 12.0. The number of nitrogens with one attached hydrogen (secondary N) is 1. The SMILES string of the molecule is CC(C)c1ccc(CNC(=O)c2cccc([N+](=O)[O-])c2)cc1. The van der Waals surface area contributed by atoms with Gasteiger partial charge >= 0.3 is 0 Å². The van der Waals surface area contributed by atoms with E-state index in [1.807, 2.05) is 24.3 Å². The quantitative estimate of drug-likeness (QED) is 0.676. The predicted octanol–water partition coefficient (Wildman–Crippen LogP) is 3.65. The van der Waals surface area contributed by atoms with Crippen molar-refractivity contribution < 1.29 is 9.72 Å². The van der Waals surface area contributed by atoms with Crippen molar-refractivity contribution in [3.8, 4) is 0 Å². The molecule has 0 fully saturated rings. The van der Waals surface area contributed by atoms with Gasteiger partial charge in [-0.2, -0.15) is 0 Å². The van der Waals surface area contributed by atoms with Crippen molar-refractivity contribution in [2.24, 2.45) is 0 Å². The van der Waals surface area contributed by atoms with Crippen molar-refractivity contribution in [3.63, 3.8) is 0 Å². The smallest absolute Gasteiger partial charge is 0.270 e. The number of nitro benzene ring substituents is 1. The fraction of sp³-hybridized carbons (Fsp3) is 0.235. The maximum atomic E-state index is 12.0. The van der Waals surface area contributed by atoms with E-state index >= 15 is 0 Å². The molecule has 114 valence electrons. The van der Waals surface area contributed by atoms with E-state index in [0.29, 0.717) is 12.5 Å². The van der Waals surface area contributed by atoms with Crippen LogP contribution in [0.4, 0.5) is 5.69 Å². The van der Waals surface area contributed by atoms with Gasteiger partial charge in [-0.1, -0.05) is 44.2 Å². The highest BCUT2D eigenvalue weighted by molar-refractivity contribution is 5.94. The van der Waals surface area contributed by atoms with Crippen LogP contribution in [0.15, 0.2) is 48.5 Å². The summed E-state index contributed by atoms with van der Waals surface area (Å²) in [5, 5.41) is 13.5. The molecule has 0 spiro atoms. The summed E-state index contributed by atoms with van der Waals surface area (Å²) >= 11 is 0. The number of rotatable bonds is 5. The molecule has 0 saturated carbocycles. The highest BCUT2D eigenvalue weighted by atomic mass is 16.6. The van der Waals surface area contributed by atoms with Gasteiger partial charge in [-0.3, -0.25) is 14.9 Å². The van der Waals surface area contributed by atoms with Gasteiger partial charge in [-0.15, -0.1) is 0 Å². The molecule has 5 nitrogen and oxygen atoms in total. The number of non-ortho nitro benzene ring substituents is 1. The van der Waals surface area contributed by atoms with Crippen LogP contribution in [0.2, 0.25) is 0 Å². The molecule has 0 saturated heterocycles. The van der Waals surface area contributed by atoms with E-state index in [1.165, 1.54) is 23.8 Å². The van der Waals surface area contributed by atoms with Crippen LogP contribution < -0.4 is 5.32 Å². The lowest BCUT2D eigenvalue weighted by Gasteiger charge is -2.08. The Kier molecular flexibility index (Phi) is 4.88. The van der Waals surface area contributed by atoms with Gasteiger partial charge in [-0.05, 0) is 23.1 Å². The zero-order chi connectivity index (χ0) is 16.1. The lowest BCUT2D eigenvalue weighted by atomic mass is 10.0. The van der Waals surface area contributed by atoms with Crippen LogP contribution in [0.3, 0.4) is 0 Å². The van der Waals surface area contributed by atoms with Crippen molar-refractivity contribution >= 4 is 11.6 Å². The highest BCUT2D eigenvalue weighted by Gasteiger charge is 2.11. The van der Waals surface area contributed by atoms with Gasteiger partial charge in [0.1, 0.15) is 0 Å². The van der Waals surface area contributed by atoms with E-state index < -0.39 is 4.92 Å². The normalized spacial score (nSPS) is 10.5. The molecule has 2 rings (SSSR count). The molecule has 1 N–H and O–H groups in total. The number of carbonyl (C=O) groups excluding carboxylic acids is 1. The molecule has 2 aromatic rings. The average Bonchev–Trinajstić information content (AvgIpc) is 2.53. The van der Waals surface area contributed by atoms with Crippen LogP contribution in [0.5, 0.6) is 0 Å². The van der Waals surface area contributed by atoms with Crippen LogP contribution in [-0.2, 0) is 6.54 Å². The highest BCUT2D eigenvalue weighted by Crippen LogP contribution is 2.15. The summed E-state index contributed by atoms with van der Waals surface area (Å²) in [6.07, 6.45) is 0. The van der Waals surface area contributed by atoms with E-state index in [9.17, 15) is 14.9 Å². The molecule has 0 aliphatic rings. The largest absolute Gasteiger partial charge is 0.348 e. The molecule has 0 radical (unpaired) electrons. The molecule has 0 heterocycles. The Morgan fingerprint density at radius 3 is 2.45 bits per heavy atom. The summed E-state index contributed by atoms with van der Waals surface area (Å²) < 4.78 is 0. The van der Waals surface area contributed by atoms with Gasteiger partial charge in [0.15, 0.2) is 0 Å². The van der Waals surface area contributed by atoms with Crippen molar-refractivity contribution in [1.82, 2.24) is 5.32 Å². The fourth-order valence-electron chi connectivity index (χ4n) is 2.07. The van der Waals surface area contributed by atoms with Crippen molar-refractivity contribution in [2.45, 2.75) is 26.3 Å². The van der Waals surface area contributed by atoms with E-state index in [0.717, 1.165) is 5.56 Å². The Bertz CT molecular complexity index is 679. The van der Waals surface area contributed by atoms with Gasteiger partial charge < -0.3 is 5.32 Å². The lowest BCUT2D eigenvalue weighted by Crippen LogP contribution is -2.22. The first-order valence-corrected chi connectivity index (χ1v) is 7.09. The number of hydrogen-bond acceptors (Lipinski definition) is 3. The van der Waals surface area contributed by atoms with Crippen LogP contribution in [0.25, 0.3) is 0 Å². The Labute approximate surface area is 129 Å². The summed E-state index contributed by atoms with van der Waals surface area (Å²) in [7, 11) is 0. The van der Waals surface area contributed by atoms with E-state index in [4.69, 9.17) is 0 Å². The zero-order valence-corrected chi connectivity index (χ0v) is 12.6. The zero-order valence-electron chi connectivity index (χ0n) is 12.6. The second-order valence-corrected chi connectivity index (χ2v) is 5.39. The Hall–Kier alpha value is -2.69. The Morgan fingerprint density at radius 2 is 1.86 bits per heavy atom. The van der Waals surface area contributed by atoms with Crippen LogP contribution in [0, 0.1) is 10.1 Å². The number of hydrogen-bond donors (Lipinski definition) is 1. The minimum Gasteiger partial charge on any atom is -0.348 e. The summed E-state index contributed by atoms with van der Waals surface area (Å²) in [6.45, 7) is 4.64. The number of carbonyl (C=O) groups is 1. The minimum atomic E-state index is -0.512. The number of amides is 1. The van der Waals surface area contributed by atoms with E-state index in [1.54, 1.807) is 6.07 Å². The molecule has 0 aliphatic heterocycles. The van der Waals surface area contributed by atoms with Crippen molar-refractivity contribution in [2.75, 3.05) is 0 Å². The number of benzene rings is 2. The second-order valence-electron chi connectivity index (χ2n) is 5.39. The van der Waals surface area contributed by atoms with Crippen molar-refractivity contribution in [1.29, 1.82) is 0 Å². The third kappa shape index (κ3) is 3.91. The first-order valence-electron chi connectivity index (χ1n) is 7.09. The molecule has 0 bridgehead atoms. The molecule has 2 aromatic carbocycles. The van der Waals surface area contributed by atoms with Crippen molar-refractivity contribution in [3.05, 3.63) is 75.3 Å². The standard InChI is InChI=1S/C17H18N2O3/c1-12(2)14-8-6-13(7-9-14)11-18-17(20)15-4-3-5-16(10-15)19(21)22/h3-10,12H,11H2,1-2H3,(H,18,20). The molecule has 22 heavy (non-hydrogen) atoms. The Balaban J connectivity index is 2.00. The maximum Gasteiger partial charge on any atom is 0.270 e. The van der Waals surface area contributed by atoms with Crippen LogP contribution >= 0.6 is 0 Å². The fourth-order valence-corrected chi connectivity index (χ4v) is 2.07. The topological polar surface area (TPSA) is 72.2 Å². The predicted molar refractivity (Wildman–Crippen MR) is 84.8 cm³/mol. The van der Waals surface area contributed by atoms with Gasteiger partial charge in [0, 0.05) is 24.2 Å². The lowest BCUT2D eigenvalue weighted by molar-refractivity contribution is -0.384. The molecule has 0 aliphatic carbocycles. The van der Waals surface area contributed by atoms with Crippen LogP contribution in [-0.4, -0.2) is 10.8 Å². The molecule has 0 aromatic heterocycles. The third-order valence-corrected chi connectivity index (χ3v) is 3.42. The van der Waals surface area contributed by atoms with Gasteiger partial charge in [0.05, 0.1) is 4.92 Å². The monoisotopic (exact) mass is 298 g/mol. The number of nitrogens with zero attached hydrogens (tertiary/aromatic N) is 1. The molecule has 0 atom stereocenters.